The summed E-state index contributed by atoms with van der Waals surface area (Å²) in [5, 5.41) is 6.76. The fraction of sp³-hybridized carbons (Fsp3) is 0.938. The maximum absolute atomic E-state index is 5.40. The molecule has 5 nitrogen and oxygen atoms in total. The van der Waals surface area contributed by atoms with Gasteiger partial charge in [0.25, 0.3) is 0 Å². The molecule has 0 spiro atoms. The molecule has 0 aromatic heterocycles. The minimum atomic E-state index is 0.476. The Balaban J connectivity index is 2.28. The number of hydrogen-bond donors (Lipinski definition) is 2. The van der Waals surface area contributed by atoms with Gasteiger partial charge in [-0.25, -0.2) is 0 Å². The summed E-state index contributed by atoms with van der Waals surface area (Å²) < 4.78 is 5.40. The predicted molar refractivity (Wildman–Crippen MR) is 90.0 cm³/mol. The first-order valence-corrected chi connectivity index (χ1v) is 8.61. The number of rotatable bonds is 9. The molecule has 1 rings (SSSR count). The van der Waals surface area contributed by atoms with E-state index in [1.165, 1.54) is 25.7 Å². The molecule has 1 saturated heterocycles. The van der Waals surface area contributed by atoms with Gasteiger partial charge in [0.1, 0.15) is 0 Å². The van der Waals surface area contributed by atoms with Crippen LogP contribution in [-0.4, -0.2) is 62.8 Å². The summed E-state index contributed by atoms with van der Waals surface area (Å²) in [6.45, 7) is 13.1. The number of unbranched alkanes of at least 4 members (excludes halogenated alkanes) is 3. The molecule has 21 heavy (non-hydrogen) atoms. The van der Waals surface area contributed by atoms with Crippen molar-refractivity contribution in [3.8, 4) is 0 Å². The topological polar surface area (TPSA) is 48.9 Å². The van der Waals surface area contributed by atoms with E-state index < -0.39 is 0 Å². The lowest BCUT2D eigenvalue weighted by Gasteiger charge is -2.31. The third kappa shape index (κ3) is 8.27. The second kappa shape index (κ2) is 11.8. The molecule has 1 aliphatic heterocycles. The van der Waals surface area contributed by atoms with Gasteiger partial charge in [-0.05, 0) is 20.3 Å². The molecule has 1 aliphatic rings. The van der Waals surface area contributed by atoms with Crippen LogP contribution in [0.5, 0.6) is 0 Å². The van der Waals surface area contributed by atoms with Gasteiger partial charge in [-0.3, -0.25) is 9.89 Å². The largest absolute Gasteiger partial charge is 0.379 e. The molecule has 1 fully saturated rings. The van der Waals surface area contributed by atoms with Gasteiger partial charge in [0.15, 0.2) is 5.96 Å². The molecule has 0 aromatic carbocycles. The zero-order valence-corrected chi connectivity index (χ0v) is 14.2. The van der Waals surface area contributed by atoms with Gasteiger partial charge in [-0.15, -0.1) is 0 Å². The van der Waals surface area contributed by atoms with Crippen molar-refractivity contribution >= 4 is 5.96 Å². The Morgan fingerprint density at radius 3 is 2.57 bits per heavy atom. The zero-order valence-electron chi connectivity index (χ0n) is 14.2. The van der Waals surface area contributed by atoms with Gasteiger partial charge in [0.05, 0.1) is 19.8 Å². The number of guanidine groups is 1. The monoisotopic (exact) mass is 298 g/mol. The number of hydrogen-bond acceptors (Lipinski definition) is 3. The van der Waals surface area contributed by atoms with Crippen LogP contribution in [0.2, 0.25) is 0 Å². The normalized spacial score (nSPS) is 18.5. The summed E-state index contributed by atoms with van der Waals surface area (Å²) in [7, 11) is 0. The molecular formula is C16H34N4O. The Morgan fingerprint density at radius 2 is 1.90 bits per heavy atom. The van der Waals surface area contributed by atoms with E-state index in [1.807, 2.05) is 0 Å². The highest BCUT2D eigenvalue weighted by atomic mass is 16.5. The van der Waals surface area contributed by atoms with Crippen molar-refractivity contribution in [2.24, 2.45) is 4.99 Å². The standard InChI is InChI=1S/C16H34N4O/c1-4-6-7-8-9-18-16(17-5-2)19-14-15(3)20-10-12-21-13-11-20/h15H,4-14H2,1-3H3,(H2,17,18,19). The fourth-order valence-corrected chi connectivity index (χ4v) is 2.46. The number of ether oxygens (including phenoxy) is 1. The average Bonchev–Trinajstić information content (AvgIpc) is 2.52. The summed E-state index contributed by atoms with van der Waals surface area (Å²) in [5.41, 5.74) is 0. The maximum Gasteiger partial charge on any atom is 0.191 e. The Kier molecular flexibility index (Phi) is 10.3. The Morgan fingerprint density at radius 1 is 1.14 bits per heavy atom. The molecule has 1 atom stereocenters. The number of aliphatic imine (C=N–C) groups is 1. The van der Waals surface area contributed by atoms with Crippen molar-refractivity contribution in [1.29, 1.82) is 0 Å². The van der Waals surface area contributed by atoms with Crippen LogP contribution >= 0.6 is 0 Å². The highest BCUT2D eigenvalue weighted by Crippen LogP contribution is 2.03. The molecule has 1 heterocycles. The molecular weight excluding hydrogens is 264 g/mol. The van der Waals surface area contributed by atoms with Crippen LogP contribution in [-0.2, 0) is 4.74 Å². The molecule has 1 unspecified atom stereocenters. The van der Waals surface area contributed by atoms with Crippen LogP contribution in [0.4, 0.5) is 0 Å². The van der Waals surface area contributed by atoms with Gasteiger partial charge in [0.2, 0.25) is 0 Å². The molecule has 0 amide bonds. The molecule has 0 radical (unpaired) electrons. The summed E-state index contributed by atoms with van der Waals surface area (Å²) in [6, 6.07) is 0.476. The lowest BCUT2D eigenvalue weighted by Crippen LogP contribution is -2.44. The SMILES string of the molecule is CCCCCCNC(=NCC(C)N1CCOCC1)NCC. The van der Waals surface area contributed by atoms with Crippen molar-refractivity contribution in [2.45, 2.75) is 52.5 Å². The van der Waals surface area contributed by atoms with Crippen LogP contribution in [0.15, 0.2) is 4.99 Å². The van der Waals surface area contributed by atoms with E-state index in [4.69, 9.17) is 9.73 Å². The van der Waals surface area contributed by atoms with Gasteiger partial charge >= 0.3 is 0 Å². The highest BCUT2D eigenvalue weighted by Gasteiger charge is 2.16. The second-order valence-corrected chi connectivity index (χ2v) is 5.70. The van der Waals surface area contributed by atoms with Gasteiger partial charge in [-0.1, -0.05) is 26.2 Å². The van der Waals surface area contributed by atoms with Crippen LogP contribution in [0.3, 0.4) is 0 Å². The lowest BCUT2D eigenvalue weighted by molar-refractivity contribution is 0.0220. The van der Waals surface area contributed by atoms with E-state index >= 15 is 0 Å². The van der Waals surface area contributed by atoms with Gasteiger partial charge < -0.3 is 15.4 Å². The summed E-state index contributed by atoms with van der Waals surface area (Å²) >= 11 is 0. The minimum absolute atomic E-state index is 0.476. The second-order valence-electron chi connectivity index (χ2n) is 5.70. The van der Waals surface area contributed by atoms with Gasteiger partial charge in [0, 0.05) is 32.2 Å². The van der Waals surface area contributed by atoms with Crippen LogP contribution in [0.25, 0.3) is 0 Å². The van der Waals surface area contributed by atoms with Crippen LogP contribution in [0.1, 0.15) is 46.5 Å². The molecule has 0 bridgehead atoms. The van der Waals surface area contributed by atoms with Crippen molar-refractivity contribution in [2.75, 3.05) is 45.9 Å². The summed E-state index contributed by atoms with van der Waals surface area (Å²) in [4.78, 5) is 7.17. The van der Waals surface area contributed by atoms with Crippen molar-refractivity contribution in [1.82, 2.24) is 15.5 Å². The molecule has 2 N–H and O–H groups in total. The average molecular weight is 298 g/mol. The number of nitrogens with zero attached hydrogens (tertiary/aromatic N) is 2. The van der Waals surface area contributed by atoms with E-state index in [2.05, 4.69) is 36.3 Å². The minimum Gasteiger partial charge on any atom is -0.379 e. The van der Waals surface area contributed by atoms with E-state index in [0.717, 1.165) is 51.9 Å². The van der Waals surface area contributed by atoms with E-state index in [-0.39, 0.29) is 0 Å². The predicted octanol–water partition coefficient (Wildman–Crippen LogP) is 1.84. The van der Waals surface area contributed by atoms with E-state index in [9.17, 15) is 0 Å². The third-order valence-electron chi connectivity index (χ3n) is 3.85. The number of morpholine rings is 1. The first-order chi connectivity index (χ1) is 10.3. The maximum atomic E-state index is 5.40. The van der Waals surface area contributed by atoms with E-state index in [0.29, 0.717) is 6.04 Å². The first-order valence-electron chi connectivity index (χ1n) is 8.61. The Hall–Kier alpha value is -0.810. The van der Waals surface area contributed by atoms with E-state index in [1.54, 1.807) is 0 Å². The first kappa shape index (κ1) is 18.2. The van der Waals surface area contributed by atoms with Gasteiger partial charge in [-0.2, -0.15) is 0 Å². The number of nitrogens with one attached hydrogen (secondary N) is 2. The lowest BCUT2D eigenvalue weighted by atomic mass is 10.2. The smallest absolute Gasteiger partial charge is 0.191 e. The van der Waals surface area contributed by atoms with Crippen molar-refractivity contribution < 1.29 is 4.74 Å². The highest BCUT2D eigenvalue weighted by molar-refractivity contribution is 5.79. The summed E-state index contributed by atoms with van der Waals surface area (Å²) in [6.07, 6.45) is 5.12. The molecule has 0 aliphatic carbocycles. The molecule has 0 aromatic rings. The quantitative estimate of drug-likeness (QED) is 0.387. The van der Waals surface area contributed by atoms with Crippen molar-refractivity contribution in [3.63, 3.8) is 0 Å². The molecule has 124 valence electrons. The molecule has 0 saturated carbocycles. The Labute approximate surface area is 130 Å². The van der Waals surface area contributed by atoms with Crippen molar-refractivity contribution in [3.05, 3.63) is 0 Å². The van der Waals surface area contributed by atoms with Crippen LogP contribution < -0.4 is 10.6 Å². The zero-order chi connectivity index (χ0) is 15.3. The third-order valence-corrected chi connectivity index (χ3v) is 3.85. The molecule has 5 heteroatoms. The fourth-order valence-electron chi connectivity index (χ4n) is 2.46. The van der Waals surface area contributed by atoms with Crippen LogP contribution in [0, 0.1) is 0 Å². The summed E-state index contributed by atoms with van der Waals surface area (Å²) in [5.74, 6) is 0.953. The Bertz CT molecular complexity index is 277.